The Morgan fingerprint density at radius 1 is 1.44 bits per heavy atom. The maximum atomic E-state index is 13.8. The Morgan fingerprint density at radius 3 is 2.75 bits per heavy atom. The van der Waals surface area contributed by atoms with Crippen LogP contribution in [-0.4, -0.2) is 31.0 Å². The van der Waals surface area contributed by atoms with E-state index in [0.717, 1.165) is 13.1 Å². The molecule has 0 saturated carbocycles. The summed E-state index contributed by atoms with van der Waals surface area (Å²) in [6.45, 7) is 4.20. The number of nitrogens with zero attached hydrogens (tertiary/aromatic N) is 1. The van der Waals surface area contributed by atoms with Crippen molar-refractivity contribution < 1.29 is 9.13 Å². The van der Waals surface area contributed by atoms with Gasteiger partial charge in [0.1, 0.15) is 0 Å². The summed E-state index contributed by atoms with van der Waals surface area (Å²) in [4.78, 5) is 2.09. The van der Waals surface area contributed by atoms with Crippen molar-refractivity contribution in [3.05, 3.63) is 29.6 Å². The Balaban J connectivity index is 2.79. The predicted molar refractivity (Wildman–Crippen MR) is 64.6 cm³/mol. The van der Waals surface area contributed by atoms with Crippen LogP contribution >= 0.6 is 11.6 Å². The van der Waals surface area contributed by atoms with Gasteiger partial charge in [-0.05, 0) is 12.6 Å². The van der Waals surface area contributed by atoms with Gasteiger partial charge in [-0.3, -0.25) is 4.90 Å². The lowest BCUT2D eigenvalue weighted by Crippen LogP contribution is -2.25. The van der Waals surface area contributed by atoms with Crippen LogP contribution in [0.3, 0.4) is 0 Å². The zero-order valence-electron chi connectivity index (χ0n) is 9.67. The first-order chi connectivity index (χ1) is 7.72. The van der Waals surface area contributed by atoms with Crippen LogP contribution in [-0.2, 0) is 6.54 Å². The third kappa shape index (κ3) is 3.35. The van der Waals surface area contributed by atoms with E-state index >= 15 is 0 Å². The van der Waals surface area contributed by atoms with Crippen molar-refractivity contribution in [2.75, 3.05) is 26.1 Å². The van der Waals surface area contributed by atoms with Crippen LogP contribution in [0.5, 0.6) is 5.75 Å². The third-order valence-corrected chi connectivity index (χ3v) is 2.67. The summed E-state index contributed by atoms with van der Waals surface area (Å²) >= 11 is 5.68. The second-order valence-corrected chi connectivity index (χ2v) is 3.87. The van der Waals surface area contributed by atoms with Crippen molar-refractivity contribution in [1.29, 1.82) is 0 Å². The van der Waals surface area contributed by atoms with E-state index in [1.54, 1.807) is 18.2 Å². The van der Waals surface area contributed by atoms with Crippen LogP contribution in [0.1, 0.15) is 12.5 Å². The van der Waals surface area contributed by atoms with E-state index in [2.05, 4.69) is 4.90 Å². The molecule has 90 valence electrons. The number of benzene rings is 1. The van der Waals surface area contributed by atoms with Crippen molar-refractivity contribution >= 4 is 11.6 Å². The molecule has 0 amide bonds. The highest BCUT2D eigenvalue weighted by Crippen LogP contribution is 2.21. The fourth-order valence-electron chi connectivity index (χ4n) is 1.55. The molecule has 0 N–H and O–H groups in total. The van der Waals surface area contributed by atoms with Gasteiger partial charge in [0, 0.05) is 24.5 Å². The van der Waals surface area contributed by atoms with Gasteiger partial charge in [0.05, 0.1) is 7.11 Å². The Labute approximate surface area is 101 Å². The molecule has 1 rings (SSSR count). The molecule has 0 bridgehead atoms. The monoisotopic (exact) mass is 245 g/mol. The molecule has 0 heterocycles. The van der Waals surface area contributed by atoms with E-state index in [1.807, 2.05) is 6.92 Å². The van der Waals surface area contributed by atoms with Gasteiger partial charge in [0.2, 0.25) is 0 Å². The molecule has 0 fully saturated rings. The highest BCUT2D eigenvalue weighted by Gasteiger charge is 2.11. The van der Waals surface area contributed by atoms with Crippen LogP contribution < -0.4 is 4.74 Å². The van der Waals surface area contributed by atoms with E-state index in [4.69, 9.17) is 16.3 Å². The Kier molecular flexibility index (Phi) is 5.56. The molecule has 0 atom stereocenters. The molecule has 0 radical (unpaired) electrons. The normalized spacial score (nSPS) is 10.8. The summed E-state index contributed by atoms with van der Waals surface area (Å²) in [5.74, 6) is 0.567. The number of hydrogen-bond donors (Lipinski definition) is 0. The summed E-state index contributed by atoms with van der Waals surface area (Å²) in [5.41, 5.74) is 0.645. The van der Waals surface area contributed by atoms with E-state index in [1.165, 1.54) is 7.11 Å². The summed E-state index contributed by atoms with van der Waals surface area (Å²) in [5, 5.41) is 0. The summed E-state index contributed by atoms with van der Waals surface area (Å²) in [7, 11) is 1.47. The molecule has 2 nitrogen and oxygen atoms in total. The molecule has 0 saturated heterocycles. The SMILES string of the molecule is CCN(CCCl)Cc1cccc(OC)c1F. The van der Waals surface area contributed by atoms with Gasteiger partial charge in [-0.2, -0.15) is 0 Å². The predicted octanol–water partition coefficient (Wildman–Crippen LogP) is 2.90. The number of ether oxygens (including phenoxy) is 1. The topological polar surface area (TPSA) is 12.5 Å². The standard InChI is InChI=1S/C12H17ClFNO/c1-3-15(8-7-13)9-10-5-4-6-11(16-2)12(10)14/h4-6H,3,7-9H2,1-2H3. The second kappa shape index (κ2) is 6.71. The van der Waals surface area contributed by atoms with E-state index < -0.39 is 0 Å². The molecule has 4 heteroatoms. The largest absolute Gasteiger partial charge is 0.494 e. The smallest absolute Gasteiger partial charge is 0.169 e. The van der Waals surface area contributed by atoms with Gasteiger partial charge in [0.15, 0.2) is 11.6 Å². The molecule has 0 unspecified atom stereocenters. The molecule has 0 aliphatic carbocycles. The van der Waals surface area contributed by atoms with Gasteiger partial charge in [-0.15, -0.1) is 11.6 Å². The summed E-state index contributed by atoms with van der Waals surface area (Å²) in [6.07, 6.45) is 0. The minimum absolute atomic E-state index is 0.280. The van der Waals surface area contributed by atoms with Gasteiger partial charge >= 0.3 is 0 Å². The third-order valence-electron chi connectivity index (χ3n) is 2.51. The highest BCUT2D eigenvalue weighted by atomic mass is 35.5. The summed E-state index contributed by atoms with van der Waals surface area (Å²) in [6, 6.07) is 5.19. The molecule has 1 aromatic rings. The number of alkyl halides is 1. The van der Waals surface area contributed by atoms with Crippen molar-refractivity contribution in [3.63, 3.8) is 0 Å². The van der Waals surface area contributed by atoms with Crippen LogP contribution in [0.25, 0.3) is 0 Å². The first-order valence-corrected chi connectivity index (χ1v) is 5.86. The van der Waals surface area contributed by atoms with Crippen molar-refractivity contribution in [2.24, 2.45) is 0 Å². The molecular formula is C12H17ClFNO. The number of rotatable bonds is 6. The van der Waals surface area contributed by atoms with Gasteiger partial charge in [-0.25, -0.2) is 4.39 Å². The van der Waals surface area contributed by atoms with Crippen molar-refractivity contribution in [3.8, 4) is 5.75 Å². The number of halogens is 2. The van der Waals surface area contributed by atoms with Crippen molar-refractivity contribution in [1.82, 2.24) is 4.90 Å². The molecular weight excluding hydrogens is 229 g/mol. The van der Waals surface area contributed by atoms with Crippen LogP contribution in [0.2, 0.25) is 0 Å². The number of hydrogen-bond acceptors (Lipinski definition) is 2. The van der Waals surface area contributed by atoms with Gasteiger partial charge in [0.25, 0.3) is 0 Å². The first-order valence-electron chi connectivity index (χ1n) is 5.32. The van der Waals surface area contributed by atoms with Crippen molar-refractivity contribution in [2.45, 2.75) is 13.5 Å². The fourth-order valence-corrected chi connectivity index (χ4v) is 1.78. The molecule has 16 heavy (non-hydrogen) atoms. The van der Waals surface area contributed by atoms with E-state index in [0.29, 0.717) is 23.7 Å². The molecule has 0 aliphatic rings. The minimum Gasteiger partial charge on any atom is -0.494 e. The van der Waals surface area contributed by atoms with E-state index in [-0.39, 0.29) is 5.82 Å². The maximum Gasteiger partial charge on any atom is 0.169 e. The van der Waals surface area contributed by atoms with Crippen LogP contribution in [0, 0.1) is 5.82 Å². The Hall–Kier alpha value is -0.800. The lowest BCUT2D eigenvalue weighted by molar-refractivity contribution is 0.290. The average molecular weight is 246 g/mol. The highest BCUT2D eigenvalue weighted by molar-refractivity contribution is 6.18. The molecule has 1 aromatic carbocycles. The lowest BCUT2D eigenvalue weighted by Gasteiger charge is -2.19. The Morgan fingerprint density at radius 2 is 2.19 bits per heavy atom. The average Bonchev–Trinajstić information content (AvgIpc) is 2.31. The molecule has 0 spiro atoms. The first kappa shape index (κ1) is 13.3. The number of methoxy groups -OCH3 is 1. The summed E-state index contributed by atoms with van der Waals surface area (Å²) < 4.78 is 18.8. The van der Waals surface area contributed by atoms with Crippen LogP contribution in [0.15, 0.2) is 18.2 Å². The Bertz CT molecular complexity index is 333. The quantitative estimate of drug-likeness (QED) is 0.715. The maximum absolute atomic E-state index is 13.8. The van der Waals surface area contributed by atoms with Crippen LogP contribution in [0.4, 0.5) is 4.39 Å². The fraction of sp³-hybridized carbons (Fsp3) is 0.500. The molecule has 0 aromatic heterocycles. The van der Waals surface area contributed by atoms with Gasteiger partial charge < -0.3 is 4.74 Å². The van der Waals surface area contributed by atoms with Gasteiger partial charge in [-0.1, -0.05) is 19.1 Å². The second-order valence-electron chi connectivity index (χ2n) is 3.49. The lowest BCUT2D eigenvalue weighted by atomic mass is 10.2. The van der Waals surface area contributed by atoms with E-state index in [9.17, 15) is 4.39 Å². The zero-order chi connectivity index (χ0) is 12.0. The zero-order valence-corrected chi connectivity index (χ0v) is 10.4. The molecule has 0 aliphatic heterocycles. The minimum atomic E-state index is -0.280.